The molecule has 1 aliphatic heterocycles. The van der Waals surface area contributed by atoms with Crippen LogP contribution in [0.5, 0.6) is 11.5 Å². The molecule has 5 nitrogen and oxygen atoms in total. The molecule has 1 aliphatic rings. The van der Waals surface area contributed by atoms with Crippen LogP contribution in [0.4, 0.5) is 5.69 Å². The van der Waals surface area contributed by atoms with Crippen LogP contribution in [0.25, 0.3) is 0 Å². The minimum absolute atomic E-state index is 0.00444. The Kier molecular flexibility index (Phi) is 3.40. The molecule has 0 bridgehead atoms. The van der Waals surface area contributed by atoms with Gasteiger partial charge in [0.15, 0.2) is 0 Å². The van der Waals surface area contributed by atoms with Crippen molar-refractivity contribution in [2.45, 2.75) is 6.10 Å². The van der Waals surface area contributed by atoms with Crippen LogP contribution >= 0.6 is 0 Å². The summed E-state index contributed by atoms with van der Waals surface area (Å²) in [6, 6.07) is 3.62. The zero-order chi connectivity index (χ0) is 12.4. The second-order valence-corrected chi connectivity index (χ2v) is 4.11. The first kappa shape index (κ1) is 12.0. The smallest absolute Gasteiger partial charge is 0.130 e. The lowest BCUT2D eigenvalue weighted by molar-refractivity contribution is 0.111. The number of benzene rings is 1. The van der Waals surface area contributed by atoms with Crippen molar-refractivity contribution in [2.75, 3.05) is 32.6 Å². The Bertz CT molecular complexity index is 392. The molecule has 0 radical (unpaired) electrons. The van der Waals surface area contributed by atoms with Crippen molar-refractivity contribution in [3.8, 4) is 11.5 Å². The molecule has 0 spiro atoms. The summed E-state index contributed by atoms with van der Waals surface area (Å²) in [6.45, 7) is 1.09. The van der Waals surface area contributed by atoms with Crippen LogP contribution in [0, 0.1) is 5.92 Å². The average molecular weight is 238 g/mol. The highest BCUT2D eigenvalue weighted by Gasteiger charge is 2.30. The van der Waals surface area contributed by atoms with Gasteiger partial charge in [-0.2, -0.15) is 0 Å². The number of hydrogen-bond acceptors (Lipinski definition) is 5. The number of fused-ring (bicyclic) bond motifs is 1. The Labute approximate surface area is 101 Å². The Morgan fingerprint density at radius 2 is 2.18 bits per heavy atom. The van der Waals surface area contributed by atoms with Crippen LogP contribution in [-0.4, -0.2) is 32.4 Å². The first-order valence-electron chi connectivity index (χ1n) is 5.59. The van der Waals surface area contributed by atoms with E-state index in [1.54, 1.807) is 20.3 Å². The van der Waals surface area contributed by atoms with E-state index in [2.05, 4.69) is 5.32 Å². The van der Waals surface area contributed by atoms with Gasteiger partial charge in [-0.15, -0.1) is 0 Å². The minimum atomic E-state index is -0.600. The molecular weight excluding hydrogens is 220 g/mol. The first-order chi connectivity index (χ1) is 8.21. The highest BCUT2D eigenvalue weighted by molar-refractivity contribution is 5.64. The number of nitrogens with two attached hydrogens (primary N) is 1. The third-order valence-electron chi connectivity index (χ3n) is 3.17. The van der Waals surface area contributed by atoms with Gasteiger partial charge in [0.25, 0.3) is 0 Å². The molecule has 17 heavy (non-hydrogen) atoms. The molecule has 4 N–H and O–H groups in total. The fourth-order valence-corrected chi connectivity index (χ4v) is 2.14. The second-order valence-electron chi connectivity index (χ2n) is 4.11. The minimum Gasteiger partial charge on any atom is -0.497 e. The second kappa shape index (κ2) is 4.81. The summed E-state index contributed by atoms with van der Waals surface area (Å²) in [5.41, 5.74) is 7.24. The zero-order valence-corrected chi connectivity index (χ0v) is 10.1. The molecule has 0 aromatic heterocycles. The standard InChI is InChI=1S/C12H18N2O3/c1-16-8-3-9-11(10(4-8)17-2)12(15)7(5-13)6-14-9/h3-4,7,12,14-15H,5-6,13H2,1-2H3. The third kappa shape index (κ3) is 2.03. The number of methoxy groups -OCH3 is 2. The number of ether oxygens (including phenoxy) is 2. The van der Waals surface area contributed by atoms with E-state index in [0.29, 0.717) is 24.6 Å². The first-order valence-corrected chi connectivity index (χ1v) is 5.59. The number of anilines is 1. The predicted molar refractivity (Wildman–Crippen MR) is 65.5 cm³/mol. The molecule has 94 valence electrons. The van der Waals surface area contributed by atoms with E-state index in [9.17, 15) is 5.11 Å². The molecule has 2 rings (SSSR count). The van der Waals surface area contributed by atoms with Gasteiger partial charge in [-0.3, -0.25) is 0 Å². The molecule has 1 aromatic rings. The fraction of sp³-hybridized carbons (Fsp3) is 0.500. The lowest BCUT2D eigenvalue weighted by atomic mass is 9.90. The van der Waals surface area contributed by atoms with Crippen LogP contribution in [0.1, 0.15) is 11.7 Å². The summed E-state index contributed by atoms with van der Waals surface area (Å²) in [5, 5.41) is 13.5. The van der Waals surface area contributed by atoms with Gasteiger partial charge in [-0.25, -0.2) is 0 Å². The normalized spacial score (nSPS) is 22.6. The van der Waals surface area contributed by atoms with E-state index in [-0.39, 0.29) is 5.92 Å². The van der Waals surface area contributed by atoms with E-state index < -0.39 is 6.10 Å². The average Bonchev–Trinajstić information content (AvgIpc) is 2.37. The number of aliphatic hydroxyl groups is 1. The molecule has 1 heterocycles. The van der Waals surface area contributed by atoms with Crippen molar-refractivity contribution in [3.05, 3.63) is 17.7 Å². The molecule has 2 atom stereocenters. The zero-order valence-electron chi connectivity index (χ0n) is 10.1. The molecule has 5 heteroatoms. The lowest BCUT2D eigenvalue weighted by Gasteiger charge is -2.31. The predicted octanol–water partition coefficient (Wildman–Crippen LogP) is 0.738. The van der Waals surface area contributed by atoms with E-state index in [1.165, 1.54) is 0 Å². The van der Waals surface area contributed by atoms with Crippen LogP contribution in [0.2, 0.25) is 0 Å². The molecule has 0 saturated heterocycles. The summed E-state index contributed by atoms with van der Waals surface area (Å²) >= 11 is 0. The molecule has 0 amide bonds. The maximum atomic E-state index is 10.3. The van der Waals surface area contributed by atoms with E-state index >= 15 is 0 Å². The Morgan fingerprint density at radius 3 is 2.76 bits per heavy atom. The molecule has 1 aromatic carbocycles. The van der Waals surface area contributed by atoms with Crippen LogP contribution in [0.3, 0.4) is 0 Å². The SMILES string of the molecule is COc1cc2c(c(OC)c1)C(O)C(CN)CN2. The van der Waals surface area contributed by atoms with Crippen molar-refractivity contribution in [1.29, 1.82) is 0 Å². The lowest BCUT2D eigenvalue weighted by Crippen LogP contribution is -2.33. The van der Waals surface area contributed by atoms with Gasteiger partial charge in [-0.05, 0) is 6.54 Å². The van der Waals surface area contributed by atoms with E-state index in [1.807, 2.05) is 6.07 Å². The number of nitrogens with one attached hydrogen (secondary N) is 1. The summed E-state index contributed by atoms with van der Waals surface area (Å²) in [5.74, 6) is 1.33. The number of aliphatic hydroxyl groups excluding tert-OH is 1. The molecule has 2 unspecified atom stereocenters. The van der Waals surface area contributed by atoms with Crippen molar-refractivity contribution < 1.29 is 14.6 Å². The fourth-order valence-electron chi connectivity index (χ4n) is 2.14. The number of hydrogen-bond donors (Lipinski definition) is 3. The molecule has 0 aliphatic carbocycles. The maximum Gasteiger partial charge on any atom is 0.130 e. The van der Waals surface area contributed by atoms with Crippen molar-refractivity contribution in [1.82, 2.24) is 0 Å². The quantitative estimate of drug-likeness (QED) is 0.724. The van der Waals surface area contributed by atoms with Crippen LogP contribution < -0.4 is 20.5 Å². The third-order valence-corrected chi connectivity index (χ3v) is 3.17. The summed E-state index contributed by atoms with van der Waals surface area (Å²) in [7, 11) is 3.18. The van der Waals surface area contributed by atoms with Crippen LogP contribution in [0.15, 0.2) is 12.1 Å². The summed E-state index contributed by atoms with van der Waals surface area (Å²) in [6.07, 6.45) is -0.600. The molecular formula is C12H18N2O3. The van der Waals surface area contributed by atoms with Gasteiger partial charge in [-0.1, -0.05) is 0 Å². The van der Waals surface area contributed by atoms with Crippen molar-refractivity contribution in [3.63, 3.8) is 0 Å². The number of rotatable bonds is 3. The Hall–Kier alpha value is -1.46. The van der Waals surface area contributed by atoms with Crippen molar-refractivity contribution in [2.24, 2.45) is 11.7 Å². The molecule has 0 fully saturated rings. The van der Waals surface area contributed by atoms with Gasteiger partial charge in [0, 0.05) is 35.8 Å². The van der Waals surface area contributed by atoms with Crippen LogP contribution in [-0.2, 0) is 0 Å². The highest BCUT2D eigenvalue weighted by Crippen LogP contribution is 2.42. The largest absolute Gasteiger partial charge is 0.497 e. The van der Waals surface area contributed by atoms with E-state index in [4.69, 9.17) is 15.2 Å². The van der Waals surface area contributed by atoms with Gasteiger partial charge in [0.05, 0.1) is 20.3 Å². The Balaban J connectivity index is 2.47. The Morgan fingerprint density at radius 1 is 1.41 bits per heavy atom. The topological polar surface area (TPSA) is 76.7 Å². The van der Waals surface area contributed by atoms with Crippen molar-refractivity contribution >= 4 is 5.69 Å². The van der Waals surface area contributed by atoms with Gasteiger partial charge in [0.2, 0.25) is 0 Å². The molecule has 0 saturated carbocycles. The highest BCUT2D eigenvalue weighted by atomic mass is 16.5. The monoisotopic (exact) mass is 238 g/mol. The summed E-state index contributed by atoms with van der Waals surface area (Å²) < 4.78 is 10.5. The maximum absolute atomic E-state index is 10.3. The van der Waals surface area contributed by atoms with Gasteiger partial charge in [0.1, 0.15) is 11.5 Å². The van der Waals surface area contributed by atoms with Gasteiger partial charge >= 0.3 is 0 Å². The van der Waals surface area contributed by atoms with Gasteiger partial charge < -0.3 is 25.6 Å². The van der Waals surface area contributed by atoms with E-state index in [0.717, 1.165) is 11.3 Å². The summed E-state index contributed by atoms with van der Waals surface area (Å²) in [4.78, 5) is 0.